The summed E-state index contributed by atoms with van der Waals surface area (Å²) < 4.78 is 18.7. The summed E-state index contributed by atoms with van der Waals surface area (Å²) >= 11 is 0. The predicted molar refractivity (Wildman–Crippen MR) is 92.6 cm³/mol. The molecule has 1 amide bonds. The number of H-pyrrole nitrogens is 1. The lowest BCUT2D eigenvalue weighted by Crippen LogP contribution is -2.26. The van der Waals surface area contributed by atoms with Crippen LogP contribution in [0.1, 0.15) is 35.9 Å². The third-order valence-corrected chi connectivity index (χ3v) is 3.80. The third kappa shape index (κ3) is 3.96. The van der Waals surface area contributed by atoms with Crippen LogP contribution in [0, 0.1) is 11.7 Å². The standard InChI is InChI=1S/C18H20FN5O2/c1-11(2)7-15-21-16(26-23-15)10-24(3)18(25)14-9-20-22-17(14)12-5-4-6-13(19)8-12/h4-6,8-9,11H,7,10H2,1-3H3,(H,20,22). The minimum Gasteiger partial charge on any atom is -0.337 e. The number of benzene rings is 1. The second-order valence-corrected chi connectivity index (χ2v) is 6.53. The van der Waals surface area contributed by atoms with Gasteiger partial charge in [0.25, 0.3) is 5.91 Å². The van der Waals surface area contributed by atoms with Crippen LogP contribution < -0.4 is 0 Å². The highest BCUT2D eigenvalue weighted by Gasteiger charge is 2.21. The van der Waals surface area contributed by atoms with Gasteiger partial charge >= 0.3 is 0 Å². The van der Waals surface area contributed by atoms with Gasteiger partial charge < -0.3 is 9.42 Å². The van der Waals surface area contributed by atoms with Gasteiger partial charge in [0, 0.05) is 19.0 Å². The molecule has 1 aromatic carbocycles. The second-order valence-electron chi connectivity index (χ2n) is 6.53. The summed E-state index contributed by atoms with van der Waals surface area (Å²) in [6.45, 7) is 4.31. The number of carbonyl (C=O) groups excluding carboxylic acids is 1. The lowest BCUT2D eigenvalue weighted by molar-refractivity contribution is 0.0770. The van der Waals surface area contributed by atoms with E-state index in [0.29, 0.717) is 40.9 Å². The zero-order chi connectivity index (χ0) is 18.7. The molecule has 0 fully saturated rings. The summed E-state index contributed by atoms with van der Waals surface area (Å²) in [6, 6.07) is 5.99. The SMILES string of the molecule is CC(C)Cc1noc(CN(C)C(=O)c2cn[nH]c2-c2cccc(F)c2)n1. The van der Waals surface area contributed by atoms with Gasteiger partial charge in [0.2, 0.25) is 5.89 Å². The molecule has 0 saturated carbocycles. The van der Waals surface area contributed by atoms with Crippen LogP contribution >= 0.6 is 0 Å². The number of nitrogens with zero attached hydrogens (tertiary/aromatic N) is 4. The Morgan fingerprint density at radius 3 is 2.92 bits per heavy atom. The Kier molecular flexibility index (Phi) is 5.11. The average Bonchev–Trinajstić information content (AvgIpc) is 3.23. The first kappa shape index (κ1) is 17.8. The van der Waals surface area contributed by atoms with Crippen LogP contribution in [0.15, 0.2) is 35.0 Å². The summed E-state index contributed by atoms with van der Waals surface area (Å²) in [5, 5.41) is 10.6. The largest absolute Gasteiger partial charge is 0.337 e. The topological polar surface area (TPSA) is 87.9 Å². The van der Waals surface area contributed by atoms with Crippen molar-refractivity contribution in [2.45, 2.75) is 26.8 Å². The number of aromatic amines is 1. The number of aromatic nitrogens is 4. The third-order valence-electron chi connectivity index (χ3n) is 3.80. The second kappa shape index (κ2) is 7.47. The van der Waals surface area contributed by atoms with E-state index < -0.39 is 0 Å². The van der Waals surface area contributed by atoms with Crippen molar-refractivity contribution in [2.75, 3.05) is 7.05 Å². The highest BCUT2D eigenvalue weighted by molar-refractivity contribution is 5.99. The number of carbonyl (C=O) groups is 1. The van der Waals surface area contributed by atoms with E-state index in [4.69, 9.17) is 4.52 Å². The molecule has 0 atom stereocenters. The van der Waals surface area contributed by atoms with Crippen LogP contribution in [-0.4, -0.2) is 38.2 Å². The fourth-order valence-corrected chi connectivity index (χ4v) is 2.60. The first-order chi connectivity index (χ1) is 12.4. The number of hydrogen-bond donors (Lipinski definition) is 1. The van der Waals surface area contributed by atoms with E-state index in [2.05, 4.69) is 34.2 Å². The molecule has 0 radical (unpaired) electrons. The number of nitrogens with one attached hydrogen (secondary N) is 1. The first-order valence-corrected chi connectivity index (χ1v) is 8.30. The number of hydrogen-bond acceptors (Lipinski definition) is 5. The Balaban J connectivity index is 1.75. The monoisotopic (exact) mass is 357 g/mol. The van der Waals surface area contributed by atoms with Crippen molar-refractivity contribution in [3.8, 4) is 11.3 Å². The molecule has 7 nitrogen and oxygen atoms in total. The van der Waals surface area contributed by atoms with Crippen molar-refractivity contribution >= 4 is 5.91 Å². The molecule has 2 aromatic heterocycles. The Bertz CT molecular complexity index is 902. The first-order valence-electron chi connectivity index (χ1n) is 8.30. The van der Waals surface area contributed by atoms with Gasteiger partial charge in [-0.05, 0) is 18.1 Å². The van der Waals surface area contributed by atoms with Crippen molar-refractivity contribution in [2.24, 2.45) is 5.92 Å². The quantitative estimate of drug-likeness (QED) is 0.732. The smallest absolute Gasteiger partial charge is 0.257 e. The van der Waals surface area contributed by atoms with Crippen molar-refractivity contribution in [1.82, 2.24) is 25.2 Å². The molecule has 0 bridgehead atoms. The van der Waals surface area contributed by atoms with Crippen LogP contribution in [0.5, 0.6) is 0 Å². The molecular formula is C18H20FN5O2. The normalized spacial score (nSPS) is 11.1. The predicted octanol–water partition coefficient (Wildman–Crippen LogP) is 3.07. The molecule has 0 aliphatic carbocycles. The van der Waals surface area contributed by atoms with E-state index in [-0.39, 0.29) is 18.3 Å². The molecule has 1 N–H and O–H groups in total. The van der Waals surface area contributed by atoms with E-state index in [1.165, 1.54) is 23.2 Å². The van der Waals surface area contributed by atoms with Crippen molar-refractivity contribution in [3.63, 3.8) is 0 Å². The summed E-state index contributed by atoms with van der Waals surface area (Å²) in [5.74, 6) is 0.750. The molecule has 136 valence electrons. The molecule has 8 heteroatoms. The van der Waals surface area contributed by atoms with Gasteiger partial charge in [-0.1, -0.05) is 31.1 Å². The Hall–Kier alpha value is -3.03. The molecule has 0 aliphatic rings. The maximum absolute atomic E-state index is 13.5. The lowest BCUT2D eigenvalue weighted by Gasteiger charge is -2.14. The zero-order valence-electron chi connectivity index (χ0n) is 14.9. The van der Waals surface area contributed by atoms with E-state index in [0.717, 1.165) is 0 Å². The maximum Gasteiger partial charge on any atom is 0.257 e. The van der Waals surface area contributed by atoms with Crippen LogP contribution in [0.4, 0.5) is 4.39 Å². The number of rotatable bonds is 6. The van der Waals surface area contributed by atoms with Gasteiger partial charge in [0.15, 0.2) is 5.82 Å². The lowest BCUT2D eigenvalue weighted by atomic mass is 10.1. The molecule has 2 heterocycles. The summed E-state index contributed by atoms with van der Waals surface area (Å²) in [6.07, 6.45) is 2.14. The van der Waals surface area contributed by atoms with Crippen LogP contribution in [-0.2, 0) is 13.0 Å². The van der Waals surface area contributed by atoms with Crippen molar-refractivity contribution in [1.29, 1.82) is 0 Å². The molecular weight excluding hydrogens is 337 g/mol. The van der Waals surface area contributed by atoms with E-state index in [1.807, 2.05) is 0 Å². The minimum absolute atomic E-state index is 0.178. The van der Waals surface area contributed by atoms with Crippen LogP contribution in [0.2, 0.25) is 0 Å². The molecule has 0 saturated heterocycles. The molecule has 3 aromatic rings. The van der Waals surface area contributed by atoms with Crippen LogP contribution in [0.25, 0.3) is 11.3 Å². The molecule has 0 aliphatic heterocycles. The van der Waals surface area contributed by atoms with Gasteiger partial charge in [-0.2, -0.15) is 10.1 Å². The van der Waals surface area contributed by atoms with Crippen molar-refractivity contribution in [3.05, 3.63) is 53.6 Å². The molecule has 0 spiro atoms. The number of amides is 1. The van der Waals surface area contributed by atoms with E-state index in [9.17, 15) is 9.18 Å². The Morgan fingerprint density at radius 2 is 2.19 bits per heavy atom. The number of halogens is 1. The fraction of sp³-hybridized carbons (Fsp3) is 0.333. The highest BCUT2D eigenvalue weighted by atomic mass is 19.1. The average molecular weight is 357 g/mol. The van der Waals surface area contributed by atoms with E-state index in [1.54, 1.807) is 19.2 Å². The van der Waals surface area contributed by atoms with Crippen LogP contribution in [0.3, 0.4) is 0 Å². The fourth-order valence-electron chi connectivity index (χ4n) is 2.60. The molecule has 0 unspecified atom stereocenters. The van der Waals surface area contributed by atoms with Gasteiger partial charge in [-0.25, -0.2) is 4.39 Å². The molecule has 3 rings (SSSR count). The van der Waals surface area contributed by atoms with Gasteiger partial charge in [0.05, 0.1) is 24.0 Å². The highest BCUT2D eigenvalue weighted by Crippen LogP contribution is 2.23. The minimum atomic E-state index is -0.382. The Morgan fingerprint density at radius 1 is 1.38 bits per heavy atom. The van der Waals surface area contributed by atoms with Gasteiger partial charge in [-0.15, -0.1) is 0 Å². The van der Waals surface area contributed by atoms with Crippen molar-refractivity contribution < 1.29 is 13.7 Å². The summed E-state index contributed by atoms with van der Waals surface area (Å²) in [7, 11) is 1.64. The van der Waals surface area contributed by atoms with E-state index >= 15 is 0 Å². The summed E-state index contributed by atoms with van der Waals surface area (Å²) in [5.41, 5.74) is 1.36. The summed E-state index contributed by atoms with van der Waals surface area (Å²) in [4.78, 5) is 18.5. The molecule has 26 heavy (non-hydrogen) atoms. The Labute approximate surface area is 150 Å². The zero-order valence-corrected chi connectivity index (χ0v) is 14.9. The van der Waals surface area contributed by atoms with Gasteiger partial charge in [0.1, 0.15) is 5.82 Å². The van der Waals surface area contributed by atoms with Gasteiger partial charge in [-0.3, -0.25) is 9.89 Å². The maximum atomic E-state index is 13.5.